The fourth-order valence-electron chi connectivity index (χ4n) is 3.49. The van der Waals surface area contributed by atoms with E-state index in [9.17, 15) is 0 Å². The molecule has 0 fully saturated rings. The highest BCUT2D eigenvalue weighted by Crippen LogP contribution is 2.29. The van der Waals surface area contributed by atoms with Gasteiger partial charge in [-0.2, -0.15) is 0 Å². The van der Waals surface area contributed by atoms with Crippen LogP contribution in [-0.2, 0) is 0 Å². The molecule has 0 amide bonds. The molecule has 4 heteroatoms. The van der Waals surface area contributed by atoms with E-state index < -0.39 is 0 Å². The molecule has 0 bridgehead atoms. The zero-order chi connectivity index (χ0) is 18.8. The molecule has 0 unspecified atom stereocenters. The second kappa shape index (κ2) is 7.00. The molecule has 0 atom stereocenters. The molecule has 1 aromatic carbocycles. The van der Waals surface area contributed by atoms with Crippen molar-refractivity contribution >= 4 is 23.8 Å². The van der Waals surface area contributed by atoms with Gasteiger partial charge in [0.25, 0.3) is 0 Å². The molecule has 134 valence electrons. The summed E-state index contributed by atoms with van der Waals surface area (Å²) in [4.78, 5) is 9.02. The molecule has 0 spiro atoms. The average Bonchev–Trinajstić information content (AvgIpc) is 3.52. The van der Waals surface area contributed by atoms with Crippen LogP contribution >= 0.6 is 0 Å². The monoisotopic (exact) mass is 362 g/mol. The van der Waals surface area contributed by atoms with E-state index in [1.165, 1.54) is 0 Å². The van der Waals surface area contributed by atoms with Crippen molar-refractivity contribution in [1.82, 2.24) is 9.13 Å². The Bertz CT molecular complexity index is 1040. The summed E-state index contributed by atoms with van der Waals surface area (Å²) in [6, 6.07) is 16.7. The van der Waals surface area contributed by atoms with Crippen LogP contribution in [0.15, 0.2) is 119 Å². The number of nitrogens with zero attached hydrogens (tertiary/aromatic N) is 4. The van der Waals surface area contributed by atoms with Crippen LogP contribution in [0, 0.1) is 0 Å². The Balaban J connectivity index is 1.61. The maximum Gasteiger partial charge on any atom is 0.0876 e. The molecule has 5 rings (SSSR count). The molecule has 0 saturated carbocycles. The van der Waals surface area contributed by atoms with Crippen LogP contribution in [0.25, 0.3) is 11.4 Å². The third-order valence-electron chi connectivity index (χ3n) is 4.75. The predicted octanol–water partition coefficient (Wildman–Crippen LogP) is 5.00. The lowest BCUT2D eigenvalue weighted by molar-refractivity contribution is 1.08. The minimum absolute atomic E-state index is 0.955. The van der Waals surface area contributed by atoms with Crippen LogP contribution in [0.2, 0.25) is 0 Å². The Kier molecular flexibility index (Phi) is 4.07. The van der Waals surface area contributed by atoms with Gasteiger partial charge in [-0.05, 0) is 48.6 Å². The molecule has 0 aliphatic carbocycles. The number of hydrogen-bond acceptors (Lipinski definition) is 2. The Morgan fingerprint density at radius 1 is 0.571 bits per heavy atom. The maximum atomic E-state index is 4.51. The van der Waals surface area contributed by atoms with Crippen LogP contribution < -0.4 is 0 Å². The van der Waals surface area contributed by atoms with E-state index in [0.717, 1.165) is 33.9 Å². The Morgan fingerprint density at radius 2 is 0.964 bits per heavy atom. The summed E-state index contributed by atoms with van der Waals surface area (Å²) in [6.07, 6.45) is 19.8. The van der Waals surface area contributed by atoms with Crippen molar-refractivity contribution in [2.75, 3.05) is 0 Å². The number of aliphatic imine (C=N–C) groups is 2. The van der Waals surface area contributed by atoms with E-state index in [0.29, 0.717) is 0 Å². The first-order valence-electron chi connectivity index (χ1n) is 9.18. The first-order chi connectivity index (χ1) is 13.9. The lowest BCUT2D eigenvalue weighted by Gasteiger charge is -2.15. The van der Waals surface area contributed by atoms with Crippen molar-refractivity contribution in [1.29, 1.82) is 0 Å². The first-order valence-corrected chi connectivity index (χ1v) is 9.18. The van der Waals surface area contributed by atoms with Gasteiger partial charge >= 0.3 is 0 Å². The summed E-state index contributed by atoms with van der Waals surface area (Å²) in [5.41, 5.74) is 6.26. The van der Waals surface area contributed by atoms with E-state index >= 15 is 0 Å². The van der Waals surface area contributed by atoms with E-state index in [-0.39, 0.29) is 0 Å². The highest BCUT2D eigenvalue weighted by molar-refractivity contribution is 5.85. The van der Waals surface area contributed by atoms with Crippen LogP contribution in [0.1, 0.15) is 11.1 Å². The van der Waals surface area contributed by atoms with Gasteiger partial charge < -0.3 is 9.13 Å². The fourth-order valence-corrected chi connectivity index (χ4v) is 3.49. The highest BCUT2D eigenvalue weighted by Gasteiger charge is 2.14. The van der Waals surface area contributed by atoms with Crippen molar-refractivity contribution in [2.24, 2.45) is 9.98 Å². The van der Waals surface area contributed by atoms with Gasteiger partial charge in [-0.25, -0.2) is 0 Å². The standard InChI is InChI=1S/C24H18N4/c1-2-16-27(15-1)23(21-7-5-13-25-21)19-9-11-20(12-10-19)24(22-8-6-14-26-22)28-17-3-4-18-28/h1-18H/b23-21+,24-22+. The molecule has 0 radical (unpaired) electrons. The predicted molar refractivity (Wildman–Crippen MR) is 115 cm³/mol. The summed E-state index contributed by atoms with van der Waals surface area (Å²) in [5, 5.41) is 0. The highest BCUT2D eigenvalue weighted by atomic mass is 15.0. The molecule has 2 aliphatic rings. The van der Waals surface area contributed by atoms with Crippen LogP contribution in [-0.4, -0.2) is 21.6 Å². The number of hydrogen-bond donors (Lipinski definition) is 0. The third kappa shape index (κ3) is 2.91. The Morgan fingerprint density at radius 3 is 1.29 bits per heavy atom. The van der Waals surface area contributed by atoms with Crippen molar-refractivity contribution in [3.63, 3.8) is 0 Å². The lowest BCUT2D eigenvalue weighted by atomic mass is 10.0. The summed E-state index contributed by atoms with van der Waals surface area (Å²) < 4.78 is 4.21. The van der Waals surface area contributed by atoms with Crippen LogP contribution in [0.3, 0.4) is 0 Å². The van der Waals surface area contributed by atoms with Gasteiger partial charge in [0.2, 0.25) is 0 Å². The van der Waals surface area contributed by atoms with Crippen molar-refractivity contribution in [3.05, 3.63) is 120 Å². The molecular weight excluding hydrogens is 344 g/mol. The minimum Gasteiger partial charge on any atom is -0.321 e. The summed E-state index contributed by atoms with van der Waals surface area (Å²) >= 11 is 0. The molecule has 3 aromatic rings. The van der Waals surface area contributed by atoms with Crippen LogP contribution in [0.5, 0.6) is 0 Å². The molecular formula is C24H18N4. The number of benzene rings is 1. The first kappa shape index (κ1) is 16.3. The van der Waals surface area contributed by atoms with Crippen LogP contribution in [0.4, 0.5) is 0 Å². The zero-order valence-corrected chi connectivity index (χ0v) is 15.2. The third-order valence-corrected chi connectivity index (χ3v) is 4.75. The quantitative estimate of drug-likeness (QED) is 0.626. The average molecular weight is 362 g/mol. The number of aromatic nitrogens is 2. The van der Waals surface area contributed by atoms with Crippen molar-refractivity contribution < 1.29 is 0 Å². The smallest absolute Gasteiger partial charge is 0.0876 e. The van der Waals surface area contributed by atoms with Gasteiger partial charge in [0.15, 0.2) is 0 Å². The molecule has 0 N–H and O–H groups in total. The van der Waals surface area contributed by atoms with E-state index in [4.69, 9.17) is 0 Å². The second-order valence-corrected chi connectivity index (χ2v) is 6.50. The topological polar surface area (TPSA) is 34.6 Å². The number of rotatable bonds is 4. The lowest BCUT2D eigenvalue weighted by Crippen LogP contribution is -2.01. The Labute approximate surface area is 163 Å². The SMILES string of the molecule is C1=C/C(=C(/c2ccc(/C(=C3/C=CC=N3)n3cccc3)cc2)n2cccc2)N=C1. The molecule has 28 heavy (non-hydrogen) atoms. The van der Waals surface area contributed by atoms with E-state index in [2.05, 4.69) is 43.4 Å². The normalized spacial score (nSPS) is 18.3. The summed E-state index contributed by atoms with van der Waals surface area (Å²) in [6.45, 7) is 0. The van der Waals surface area contributed by atoms with E-state index in [1.54, 1.807) is 0 Å². The van der Waals surface area contributed by atoms with E-state index in [1.807, 2.05) is 85.8 Å². The van der Waals surface area contributed by atoms with Crippen molar-refractivity contribution in [2.45, 2.75) is 0 Å². The Hall–Kier alpha value is -3.92. The maximum absolute atomic E-state index is 4.51. The van der Waals surface area contributed by atoms with Gasteiger partial charge in [-0.15, -0.1) is 0 Å². The molecule has 2 aromatic heterocycles. The molecule has 2 aliphatic heterocycles. The zero-order valence-electron chi connectivity index (χ0n) is 15.2. The van der Waals surface area contributed by atoms with Gasteiger partial charge in [0.1, 0.15) is 0 Å². The number of allylic oxidation sites excluding steroid dienone is 4. The van der Waals surface area contributed by atoms with Crippen molar-refractivity contribution in [3.8, 4) is 0 Å². The van der Waals surface area contributed by atoms with Gasteiger partial charge in [0.05, 0.1) is 22.8 Å². The van der Waals surface area contributed by atoms with Gasteiger partial charge in [-0.3, -0.25) is 9.98 Å². The molecule has 4 nitrogen and oxygen atoms in total. The fraction of sp³-hybridized carbons (Fsp3) is 0. The molecule has 0 saturated heterocycles. The second-order valence-electron chi connectivity index (χ2n) is 6.50. The van der Waals surface area contributed by atoms with Gasteiger partial charge in [-0.1, -0.05) is 24.3 Å². The summed E-state index contributed by atoms with van der Waals surface area (Å²) in [7, 11) is 0. The largest absolute Gasteiger partial charge is 0.321 e. The van der Waals surface area contributed by atoms with Gasteiger partial charge in [0, 0.05) is 48.3 Å². The minimum atomic E-state index is 0.955. The summed E-state index contributed by atoms with van der Waals surface area (Å²) in [5.74, 6) is 0. The molecule has 4 heterocycles.